The van der Waals surface area contributed by atoms with Gasteiger partial charge in [-0.1, -0.05) is 38.1 Å². The Morgan fingerprint density at radius 1 is 1.15 bits per heavy atom. The van der Waals surface area contributed by atoms with Gasteiger partial charge in [-0.15, -0.1) is 0 Å². The summed E-state index contributed by atoms with van der Waals surface area (Å²) in [5, 5.41) is 0. The number of fused-ring (bicyclic) bond motifs is 1. The largest absolute Gasteiger partial charge is 0.337 e. The number of hydrogen-bond donors (Lipinski definition) is 0. The van der Waals surface area contributed by atoms with E-state index in [1.165, 1.54) is 11.1 Å². The van der Waals surface area contributed by atoms with Crippen LogP contribution in [0.4, 0.5) is 0 Å². The summed E-state index contributed by atoms with van der Waals surface area (Å²) in [7, 11) is 0. The fraction of sp³-hybridized carbons (Fsp3) is 0.545. The first-order chi connectivity index (χ1) is 12.6. The highest BCUT2D eigenvalue weighted by Gasteiger charge is 2.27. The number of amides is 1. The minimum atomic E-state index is 0.114. The van der Waals surface area contributed by atoms with Crippen LogP contribution >= 0.6 is 0 Å². The van der Waals surface area contributed by atoms with E-state index >= 15 is 0 Å². The van der Waals surface area contributed by atoms with Crippen molar-refractivity contribution in [3.05, 3.63) is 53.1 Å². The number of nitrogens with zero attached hydrogens (tertiary/aromatic N) is 3. The zero-order chi connectivity index (χ0) is 18.1. The molecular weight excluding hydrogens is 322 g/mol. The number of aromatic nitrogens is 2. The van der Waals surface area contributed by atoms with Crippen molar-refractivity contribution in [1.29, 1.82) is 0 Å². The van der Waals surface area contributed by atoms with Crippen LogP contribution in [0.2, 0.25) is 0 Å². The van der Waals surface area contributed by atoms with Gasteiger partial charge in [-0.25, -0.2) is 4.98 Å². The molecule has 1 aromatic heterocycles. The third-order valence-electron chi connectivity index (χ3n) is 6.14. The first kappa shape index (κ1) is 17.3. The van der Waals surface area contributed by atoms with E-state index in [0.29, 0.717) is 11.6 Å². The molecule has 1 atom stereocenters. The van der Waals surface area contributed by atoms with Crippen LogP contribution in [-0.4, -0.2) is 33.4 Å². The Morgan fingerprint density at radius 2 is 1.88 bits per heavy atom. The van der Waals surface area contributed by atoms with Crippen molar-refractivity contribution < 1.29 is 4.79 Å². The van der Waals surface area contributed by atoms with Crippen LogP contribution in [0.15, 0.2) is 30.5 Å². The van der Waals surface area contributed by atoms with Crippen molar-refractivity contribution in [1.82, 2.24) is 14.5 Å². The van der Waals surface area contributed by atoms with E-state index in [9.17, 15) is 4.79 Å². The molecule has 0 N–H and O–H groups in total. The van der Waals surface area contributed by atoms with Gasteiger partial charge in [-0.3, -0.25) is 4.79 Å². The van der Waals surface area contributed by atoms with Crippen LogP contribution in [0.5, 0.6) is 0 Å². The Bertz CT molecular complexity index is 769. The topological polar surface area (TPSA) is 38.1 Å². The van der Waals surface area contributed by atoms with E-state index in [0.717, 1.165) is 63.5 Å². The van der Waals surface area contributed by atoms with E-state index in [1.54, 1.807) is 0 Å². The lowest BCUT2D eigenvalue weighted by Gasteiger charge is -2.29. The molecule has 0 saturated carbocycles. The van der Waals surface area contributed by atoms with Crippen molar-refractivity contribution in [2.24, 2.45) is 5.92 Å². The molecular formula is C22H29N3O. The standard InChI is InChI=1S/C22H29N3O/c1-3-17-4-6-18(7-5-17)19-8-9-21-23-20(15-25(21)14-19)22(26)24-12-10-16(2)11-13-24/h4-7,15-16,19H,3,8-14H2,1-2H3. The van der Waals surface area contributed by atoms with Gasteiger partial charge in [0.15, 0.2) is 0 Å². The SMILES string of the molecule is CCc1ccc(C2CCc3nc(C(=O)N4CCC(C)CC4)cn3C2)cc1. The van der Waals surface area contributed by atoms with Crippen LogP contribution in [0, 0.1) is 5.92 Å². The van der Waals surface area contributed by atoms with Crippen LogP contribution in [0.3, 0.4) is 0 Å². The Morgan fingerprint density at radius 3 is 2.58 bits per heavy atom. The molecule has 4 rings (SSSR count). The van der Waals surface area contributed by atoms with Crippen molar-refractivity contribution in [3.63, 3.8) is 0 Å². The Hall–Kier alpha value is -2.10. The van der Waals surface area contributed by atoms with E-state index < -0.39 is 0 Å². The average Bonchev–Trinajstić information content (AvgIpc) is 3.11. The highest BCUT2D eigenvalue weighted by molar-refractivity contribution is 5.92. The molecule has 4 heteroatoms. The summed E-state index contributed by atoms with van der Waals surface area (Å²) in [5.41, 5.74) is 3.42. The van der Waals surface area contributed by atoms with Gasteiger partial charge in [-0.05, 0) is 42.7 Å². The molecule has 1 fully saturated rings. The highest BCUT2D eigenvalue weighted by Crippen LogP contribution is 2.29. The van der Waals surface area contributed by atoms with Crippen molar-refractivity contribution in [2.45, 2.75) is 58.4 Å². The van der Waals surface area contributed by atoms with Gasteiger partial charge in [0.25, 0.3) is 5.91 Å². The summed E-state index contributed by atoms with van der Waals surface area (Å²) in [4.78, 5) is 19.4. The molecule has 0 aliphatic carbocycles. The minimum absolute atomic E-state index is 0.114. The lowest BCUT2D eigenvalue weighted by atomic mass is 9.91. The van der Waals surface area contributed by atoms with E-state index in [4.69, 9.17) is 0 Å². The molecule has 3 heterocycles. The molecule has 0 radical (unpaired) electrons. The normalized spacial score (nSPS) is 20.8. The summed E-state index contributed by atoms with van der Waals surface area (Å²) < 4.78 is 2.21. The van der Waals surface area contributed by atoms with Gasteiger partial charge in [0.1, 0.15) is 11.5 Å². The molecule has 2 aromatic rings. The second-order valence-corrected chi connectivity index (χ2v) is 8.00. The second-order valence-electron chi connectivity index (χ2n) is 8.00. The average molecular weight is 351 g/mol. The lowest BCUT2D eigenvalue weighted by molar-refractivity contribution is 0.0691. The Labute approximate surface area is 156 Å². The quantitative estimate of drug-likeness (QED) is 0.837. The zero-order valence-electron chi connectivity index (χ0n) is 15.9. The number of rotatable bonds is 3. The third kappa shape index (κ3) is 3.42. The fourth-order valence-electron chi connectivity index (χ4n) is 4.22. The fourth-order valence-corrected chi connectivity index (χ4v) is 4.22. The Balaban J connectivity index is 1.47. The molecule has 26 heavy (non-hydrogen) atoms. The molecule has 0 spiro atoms. The van der Waals surface area contributed by atoms with Crippen molar-refractivity contribution in [2.75, 3.05) is 13.1 Å². The highest BCUT2D eigenvalue weighted by atomic mass is 16.2. The van der Waals surface area contributed by atoms with Crippen LogP contribution in [0.25, 0.3) is 0 Å². The van der Waals surface area contributed by atoms with Gasteiger partial charge >= 0.3 is 0 Å². The van der Waals surface area contributed by atoms with Gasteiger partial charge < -0.3 is 9.47 Å². The van der Waals surface area contributed by atoms with Gasteiger partial charge in [0.2, 0.25) is 0 Å². The second kappa shape index (κ2) is 7.26. The maximum atomic E-state index is 12.8. The smallest absolute Gasteiger partial charge is 0.274 e. The summed E-state index contributed by atoms with van der Waals surface area (Å²) in [5.74, 6) is 2.43. The molecule has 0 bridgehead atoms. The Kier molecular flexibility index (Phi) is 4.84. The monoisotopic (exact) mass is 351 g/mol. The summed E-state index contributed by atoms with van der Waals surface area (Å²) >= 11 is 0. The molecule has 138 valence electrons. The van der Waals surface area contributed by atoms with Crippen molar-refractivity contribution >= 4 is 5.91 Å². The summed E-state index contributed by atoms with van der Waals surface area (Å²) in [6.07, 6.45) is 7.34. The number of hydrogen-bond acceptors (Lipinski definition) is 2. The summed E-state index contributed by atoms with van der Waals surface area (Å²) in [6, 6.07) is 9.02. The van der Waals surface area contributed by atoms with E-state index in [-0.39, 0.29) is 5.91 Å². The van der Waals surface area contributed by atoms with Crippen LogP contribution < -0.4 is 0 Å². The number of likely N-dealkylation sites (tertiary alicyclic amines) is 1. The third-order valence-corrected chi connectivity index (χ3v) is 6.14. The zero-order valence-corrected chi connectivity index (χ0v) is 15.9. The predicted octanol–water partition coefficient (Wildman–Crippen LogP) is 4.05. The molecule has 4 nitrogen and oxygen atoms in total. The number of imidazole rings is 1. The number of benzene rings is 1. The van der Waals surface area contributed by atoms with Crippen LogP contribution in [-0.2, 0) is 19.4 Å². The molecule has 1 unspecified atom stereocenters. The number of piperidine rings is 1. The first-order valence-electron chi connectivity index (χ1n) is 10.1. The van der Waals surface area contributed by atoms with Gasteiger partial charge in [0, 0.05) is 38.2 Å². The van der Waals surface area contributed by atoms with Crippen molar-refractivity contribution in [3.8, 4) is 0 Å². The molecule has 2 aliphatic rings. The molecule has 1 aromatic carbocycles. The maximum absolute atomic E-state index is 12.8. The van der Waals surface area contributed by atoms with Gasteiger partial charge in [-0.2, -0.15) is 0 Å². The first-order valence-corrected chi connectivity index (χ1v) is 10.1. The van der Waals surface area contributed by atoms with Gasteiger partial charge in [0.05, 0.1) is 0 Å². The van der Waals surface area contributed by atoms with E-state index in [1.807, 2.05) is 11.1 Å². The molecule has 1 amide bonds. The lowest BCUT2D eigenvalue weighted by Crippen LogP contribution is -2.38. The molecule has 2 aliphatic heterocycles. The number of aryl methyl sites for hydroxylation is 2. The number of carbonyl (C=O) groups is 1. The number of carbonyl (C=O) groups excluding carboxylic acids is 1. The van der Waals surface area contributed by atoms with E-state index in [2.05, 4.69) is 47.7 Å². The minimum Gasteiger partial charge on any atom is -0.337 e. The summed E-state index contributed by atoms with van der Waals surface area (Å²) in [6.45, 7) is 7.13. The predicted molar refractivity (Wildman–Crippen MR) is 103 cm³/mol. The molecule has 1 saturated heterocycles. The maximum Gasteiger partial charge on any atom is 0.274 e. The van der Waals surface area contributed by atoms with Crippen LogP contribution in [0.1, 0.15) is 66.5 Å².